The zero-order valence-electron chi connectivity index (χ0n) is 11.6. The normalized spacial score (nSPS) is 21.6. The van der Waals surface area contributed by atoms with E-state index in [-0.39, 0.29) is 22.8 Å². The van der Waals surface area contributed by atoms with Crippen molar-refractivity contribution in [3.8, 4) is 5.75 Å². The van der Waals surface area contributed by atoms with Gasteiger partial charge in [0.1, 0.15) is 17.4 Å². The minimum absolute atomic E-state index is 0.0386. The molecule has 3 nitrogen and oxygen atoms in total. The molecule has 1 atom stereocenters. The van der Waals surface area contributed by atoms with Crippen molar-refractivity contribution < 1.29 is 14.6 Å². The van der Waals surface area contributed by atoms with E-state index in [2.05, 4.69) is 20.8 Å². The second-order valence-electron chi connectivity index (χ2n) is 6.02. The third kappa shape index (κ3) is 3.37. The van der Waals surface area contributed by atoms with Gasteiger partial charge in [0.25, 0.3) is 0 Å². The van der Waals surface area contributed by atoms with E-state index in [0.29, 0.717) is 0 Å². The molecule has 0 bridgehead atoms. The molecule has 0 radical (unpaired) electrons. The Morgan fingerprint density at radius 2 is 2.05 bits per heavy atom. The quantitative estimate of drug-likeness (QED) is 0.651. The van der Waals surface area contributed by atoms with Gasteiger partial charge in [0.05, 0.1) is 0 Å². The van der Waals surface area contributed by atoms with E-state index in [9.17, 15) is 9.90 Å². The van der Waals surface area contributed by atoms with Gasteiger partial charge in [-0.15, -0.1) is 0 Å². The minimum Gasteiger partial charge on any atom is -0.507 e. The summed E-state index contributed by atoms with van der Waals surface area (Å²) < 4.78 is 5.49. The number of para-hydroxylation sites is 1. The van der Waals surface area contributed by atoms with Crippen molar-refractivity contribution in [1.82, 2.24) is 0 Å². The molecule has 19 heavy (non-hydrogen) atoms. The summed E-state index contributed by atoms with van der Waals surface area (Å²) in [5.74, 6) is -0.506. The van der Waals surface area contributed by atoms with E-state index in [0.717, 1.165) is 12.8 Å². The Kier molecular flexibility index (Phi) is 3.65. The first kappa shape index (κ1) is 13.7. The van der Waals surface area contributed by atoms with Crippen LogP contribution in [0.15, 0.2) is 35.9 Å². The standard InChI is InChI=1S/C16H20O3/c1-11-8-12(10-16(2,3)9-11)19-15(18)13-6-4-5-7-14(13)17/h4-8,12,17H,9-10H2,1-3H3. The second kappa shape index (κ2) is 5.08. The number of carbonyl (C=O) groups is 1. The summed E-state index contributed by atoms with van der Waals surface area (Å²) in [5, 5.41) is 9.65. The van der Waals surface area contributed by atoms with Gasteiger partial charge in [0, 0.05) is 0 Å². The summed E-state index contributed by atoms with van der Waals surface area (Å²) in [6, 6.07) is 6.45. The molecule has 0 saturated heterocycles. The first-order valence-electron chi connectivity index (χ1n) is 6.54. The average molecular weight is 260 g/mol. The third-order valence-electron chi connectivity index (χ3n) is 3.36. The fourth-order valence-corrected chi connectivity index (χ4v) is 2.73. The highest BCUT2D eigenvalue weighted by molar-refractivity contribution is 5.92. The highest BCUT2D eigenvalue weighted by Gasteiger charge is 2.29. The van der Waals surface area contributed by atoms with Crippen LogP contribution in [0.1, 0.15) is 44.0 Å². The van der Waals surface area contributed by atoms with Gasteiger partial charge in [-0.25, -0.2) is 4.79 Å². The Morgan fingerprint density at radius 1 is 1.37 bits per heavy atom. The maximum atomic E-state index is 12.0. The Morgan fingerprint density at radius 3 is 2.68 bits per heavy atom. The lowest BCUT2D eigenvalue weighted by Gasteiger charge is -2.33. The number of benzene rings is 1. The summed E-state index contributed by atoms with van der Waals surface area (Å²) in [7, 11) is 0. The van der Waals surface area contributed by atoms with Gasteiger partial charge < -0.3 is 9.84 Å². The van der Waals surface area contributed by atoms with Crippen LogP contribution in [0.4, 0.5) is 0 Å². The molecule has 2 rings (SSSR count). The number of hydrogen-bond donors (Lipinski definition) is 1. The lowest BCUT2D eigenvalue weighted by atomic mass is 9.76. The molecule has 1 aliphatic rings. The molecule has 1 aliphatic carbocycles. The van der Waals surface area contributed by atoms with Gasteiger partial charge in [-0.1, -0.05) is 31.6 Å². The summed E-state index contributed by atoms with van der Waals surface area (Å²) in [6.07, 6.45) is 3.63. The predicted molar refractivity (Wildman–Crippen MR) is 74.1 cm³/mol. The van der Waals surface area contributed by atoms with Crippen LogP contribution in [0, 0.1) is 5.41 Å². The zero-order valence-corrected chi connectivity index (χ0v) is 11.6. The van der Waals surface area contributed by atoms with Crippen molar-refractivity contribution >= 4 is 5.97 Å². The molecule has 0 heterocycles. The number of hydrogen-bond acceptors (Lipinski definition) is 3. The van der Waals surface area contributed by atoms with E-state index in [4.69, 9.17) is 4.74 Å². The van der Waals surface area contributed by atoms with E-state index in [1.54, 1.807) is 18.2 Å². The molecule has 0 aliphatic heterocycles. The summed E-state index contributed by atoms with van der Waals surface area (Å²) >= 11 is 0. The molecule has 1 aromatic carbocycles. The topological polar surface area (TPSA) is 46.5 Å². The average Bonchev–Trinajstić information content (AvgIpc) is 2.26. The van der Waals surface area contributed by atoms with E-state index < -0.39 is 5.97 Å². The molecular formula is C16H20O3. The number of phenolic OH excluding ortho intramolecular Hbond substituents is 1. The smallest absolute Gasteiger partial charge is 0.342 e. The number of allylic oxidation sites excluding steroid dienone is 1. The lowest BCUT2D eigenvalue weighted by molar-refractivity contribution is 0.0281. The number of phenols is 1. The van der Waals surface area contributed by atoms with Crippen LogP contribution in [-0.2, 0) is 4.74 Å². The predicted octanol–water partition coefficient (Wildman–Crippen LogP) is 3.68. The molecular weight excluding hydrogens is 240 g/mol. The van der Waals surface area contributed by atoms with Crippen LogP contribution in [-0.4, -0.2) is 17.2 Å². The van der Waals surface area contributed by atoms with Gasteiger partial charge >= 0.3 is 5.97 Å². The SMILES string of the molecule is CC1=CC(OC(=O)c2ccccc2O)CC(C)(C)C1. The lowest BCUT2D eigenvalue weighted by Crippen LogP contribution is -2.28. The molecule has 0 fully saturated rings. The van der Waals surface area contributed by atoms with Crippen molar-refractivity contribution in [1.29, 1.82) is 0 Å². The fraction of sp³-hybridized carbons (Fsp3) is 0.438. The maximum absolute atomic E-state index is 12.0. The van der Waals surface area contributed by atoms with Crippen molar-refractivity contribution in [3.63, 3.8) is 0 Å². The zero-order chi connectivity index (χ0) is 14.0. The monoisotopic (exact) mass is 260 g/mol. The van der Waals surface area contributed by atoms with Gasteiger partial charge in [-0.2, -0.15) is 0 Å². The molecule has 0 amide bonds. The molecule has 1 unspecified atom stereocenters. The highest BCUT2D eigenvalue weighted by atomic mass is 16.5. The third-order valence-corrected chi connectivity index (χ3v) is 3.36. The summed E-state index contributed by atoms with van der Waals surface area (Å²) in [5.41, 5.74) is 1.60. The minimum atomic E-state index is -0.468. The van der Waals surface area contributed by atoms with Gasteiger partial charge in [0.2, 0.25) is 0 Å². The van der Waals surface area contributed by atoms with Crippen molar-refractivity contribution in [2.45, 2.75) is 39.7 Å². The van der Waals surface area contributed by atoms with Crippen LogP contribution in [0.5, 0.6) is 5.75 Å². The first-order valence-corrected chi connectivity index (χ1v) is 6.54. The van der Waals surface area contributed by atoms with Crippen molar-refractivity contribution in [2.75, 3.05) is 0 Å². The van der Waals surface area contributed by atoms with Gasteiger partial charge in [0.15, 0.2) is 0 Å². The number of carbonyl (C=O) groups excluding carboxylic acids is 1. The Hall–Kier alpha value is -1.77. The molecule has 0 spiro atoms. The molecule has 1 aromatic rings. The summed E-state index contributed by atoms with van der Waals surface area (Å²) in [4.78, 5) is 12.0. The number of esters is 1. The van der Waals surface area contributed by atoms with Crippen LogP contribution in [0.3, 0.4) is 0 Å². The van der Waals surface area contributed by atoms with Crippen LogP contribution < -0.4 is 0 Å². The van der Waals surface area contributed by atoms with E-state index in [1.807, 2.05) is 6.08 Å². The van der Waals surface area contributed by atoms with Crippen molar-refractivity contribution in [3.05, 3.63) is 41.5 Å². The van der Waals surface area contributed by atoms with Crippen molar-refractivity contribution in [2.24, 2.45) is 5.41 Å². The van der Waals surface area contributed by atoms with Gasteiger partial charge in [-0.3, -0.25) is 0 Å². The molecule has 1 N–H and O–H groups in total. The molecule has 0 saturated carbocycles. The first-order chi connectivity index (χ1) is 8.87. The second-order valence-corrected chi connectivity index (χ2v) is 6.02. The highest BCUT2D eigenvalue weighted by Crippen LogP contribution is 2.36. The number of aromatic hydroxyl groups is 1. The molecule has 0 aromatic heterocycles. The van der Waals surface area contributed by atoms with Crippen LogP contribution >= 0.6 is 0 Å². The van der Waals surface area contributed by atoms with Gasteiger partial charge in [-0.05, 0) is 43.4 Å². The van der Waals surface area contributed by atoms with Crippen LogP contribution in [0.2, 0.25) is 0 Å². The number of ether oxygens (including phenoxy) is 1. The summed E-state index contributed by atoms with van der Waals surface area (Å²) in [6.45, 7) is 6.40. The Labute approximate surface area is 113 Å². The molecule has 102 valence electrons. The number of rotatable bonds is 2. The van der Waals surface area contributed by atoms with E-state index in [1.165, 1.54) is 11.6 Å². The largest absolute Gasteiger partial charge is 0.507 e. The van der Waals surface area contributed by atoms with E-state index >= 15 is 0 Å². The Bertz CT molecular complexity index is 514. The molecule has 3 heteroatoms. The maximum Gasteiger partial charge on any atom is 0.342 e. The fourth-order valence-electron chi connectivity index (χ4n) is 2.73. The van der Waals surface area contributed by atoms with Crippen LogP contribution in [0.25, 0.3) is 0 Å². The Balaban J connectivity index is 2.12.